The van der Waals surface area contributed by atoms with E-state index in [4.69, 9.17) is 20.8 Å². The maximum Gasteiger partial charge on any atom is 0.322 e. The van der Waals surface area contributed by atoms with Crippen molar-refractivity contribution >= 4 is 23.5 Å². The minimum absolute atomic E-state index is 0.107. The van der Waals surface area contributed by atoms with E-state index in [1.165, 1.54) is 0 Å². The van der Waals surface area contributed by atoms with Crippen LogP contribution in [0.25, 0.3) is 0 Å². The van der Waals surface area contributed by atoms with Crippen molar-refractivity contribution in [2.75, 3.05) is 19.0 Å². The molecule has 0 saturated heterocycles. The van der Waals surface area contributed by atoms with Gasteiger partial charge in [-0.25, -0.2) is 0 Å². The molecule has 1 aromatic heterocycles. The van der Waals surface area contributed by atoms with Gasteiger partial charge in [-0.3, -0.25) is 10.1 Å². The summed E-state index contributed by atoms with van der Waals surface area (Å²) >= 11 is 5.97. The van der Waals surface area contributed by atoms with Crippen LogP contribution in [0.15, 0.2) is 28.7 Å². The van der Waals surface area contributed by atoms with E-state index in [-0.39, 0.29) is 11.9 Å². The number of nitrogens with zero attached hydrogens (tertiary/aromatic N) is 2. The molecule has 2 aromatic rings. The quantitative estimate of drug-likeness (QED) is 0.865. The molecule has 1 aliphatic carbocycles. The molecule has 7 heteroatoms. The highest BCUT2D eigenvalue weighted by Gasteiger charge is 2.43. The number of benzene rings is 1. The number of rotatable bonds is 6. The zero-order chi connectivity index (χ0) is 17.0. The van der Waals surface area contributed by atoms with Crippen LogP contribution < -0.4 is 5.32 Å². The standard InChI is InChI=1S/C17H20ClN3O3/c1-23-11-8-14-20-21-16(24-14)19-15(22)17(9-2-3-10-17)12-4-6-13(18)7-5-12/h4-7H,2-3,8-11H2,1H3,(H,19,21,22). The first-order valence-corrected chi connectivity index (χ1v) is 8.41. The molecule has 0 radical (unpaired) electrons. The Kier molecular flexibility index (Phi) is 5.16. The van der Waals surface area contributed by atoms with Gasteiger partial charge in [-0.2, -0.15) is 0 Å². The average Bonchev–Trinajstić information content (AvgIpc) is 3.24. The topological polar surface area (TPSA) is 77.3 Å². The van der Waals surface area contributed by atoms with Crippen molar-refractivity contribution in [3.05, 3.63) is 40.7 Å². The van der Waals surface area contributed by atoms with E-state index in [2.05, 4.69) is 15.5 Å². The molecule has 24 heavy (non-hydrogen) atoms. The molecule has 1 heterocycles. The molecule has 1 aliphatic rings. The first kappa shape index (κ1) is 16.9. The number of methoxy groups -OCH3 is 1. The van der Waals surface area contributed by atoms with Crippen molar-refractivity contribution in [1.82, 2.24) is 10.2 Å². The monoisotopic (exact) mass is 349 g/mol. The highest BCUT2D eigenvalue weighted by Crippen LogP contribution is 2.42. The SMILES string of the molecule is COCCc1nnc(NC(=O)C2(c3ccc(Cl)cc3)CCCC2)o1. The Morgan fingerprint density at radius 1 is 1.29 bits per heavy atom. The lowest BCUT2D eigenvalue weighted by Gasteiger charge is -2.27. The first-order valence-electron chi connectivity index (χ1n) is 8.03. The van der Waals surface area contributed by atoms with Crippen LogP contribution in [0.2, 0.25) is 5.02 Å². The minimum atomic E-state index is -0.564. The Bertz CT molecular complexity index is 693. The van der Waals surface area contributed by atoms with E-state index < -0.39 is 5.41 Å². The summed E-state index contributed by atoms with van der Waals surface area (Å²) in [5.74, 6) is 0.336. The molecule has 6 nitrogen and oxygen atoms in total. The molecule has 1 aromatic carbocycles. The van der Waals surface area contributed by atoms with Gasteiger partial charge in [0.2, 0.25) is 11.8 Å². The van der Waals surface area contributed by atoms with Gasteiger partial charge >= 0.3 is 6.01 Å². The van der Waals surface area contributed by atoms with Crippen molar-refractivity contribution < 1.29 is 13.9 Å². The maximum atomic E-state index is 12.9. The number of anilines is 1. The van der Waals surface area contributed by atoms with E-state index in [1.807, 2.05) is 24.3 Å². The zero-order valence-electron chi connectivity index (χ0n) is 13.5. The predicted molar refractivity (Wildman–Crippen MR) is 90.1 cm³/mol. The number of carbonyl (C=O) groups is 1. The smallest absolute Gasteiger partial charge is 0.322 e. The van der Waals surface area contributed by atoms with Gasteiger partial charge in [-0.1, -0.05) is 41.7 Å². The highest BCUT2D eigenvalue weighted by atomic mass is 35.5. The van der Waals surface area contributed by atoms with Gasteiger partial charge in [0, 0.05) is 18.6 Å². The number of amides is 1. The molecule has 128 valence electrons. The van der Waals surface area contributed by atoms with Crippen molar-refractivity contribution in [2.45, 2.75) is 37.5 Å². The molecule has 1 saturated carbocycles. The summed E-state index contributed by atoms with van der Waals surface area (Å²) in [7, 11) is 1.61. The Morgan fingerprint density at radius 2 is 2.00 bits per heavy atom. The van der Waals surface area contributed by atoms with Crippen molar-refractivity contribution in [1.29, 1.82) is 0 Å². The Hall–Kier alpha value is -1.92. The number of carbonyl (C=O) groups excluding carboxylic acids is 1. The minimum Gasteiger partial charge on any atom is -0.408 e. The van der Waals surface area contributed by atoms with E-state index in [9.17, 15) is 4.79 Å². The van der Waals surface area contributed by atoms with Crippen LogP contribution in [0.4, 0.5) is 6.01 Å². The number of hydrogen-bond acceptors (Lipinski definition) is 5. The van der Waals surface area contributed by atoms with Crippen LogP contribution in [0.3, 0.4) is 0 Å². The molecule has 1 fully saturated rings. The van der Waals surface area contributed by atoms with Crippen LogP contribution in [0.5, 0.6) is 0 Å². The average molecular weight is 350 g/mol. The van der Waals surface area contributed by atoms with Crippen LogP contribution in [0, 0.1) is 0 Å². The number of ether oxygens (including phenoxy) is 1. The molecule has 0 spiro atoms. The van der Waals surface area contributed by atoms with Crippen LogP contribution in [-0.4, -0.2) is 29.8 Å². The third-order valence-electron chi connectivity index (χ3n) is 4.50. The summed E-state index contributed by atoms with van der Waals surface area (Å²) in [4.78, 5) is 12.9. The van der Waals surface area contributed by atoms with Gasteiger partial charge in [0.05, 0.1) is 12.0 Å². The number of nitrogens with one attached hydrogen (secondary N) is 1. The Labute approximate surface area is 145 Å². The van der Waals surface area contributed by atoms with Crippen molar-refractivity contribution in [3.63, 3.8) is 0 Å². The van der Waals surface area contributed by atoms with Gasteiger partial charge in [-0.15, -0.1) is 5.10 Å². The number of halogens is 1. The lowest BCUT2D eigenvalue weighted by atomic mass is 9.78. The number of hydrogen-bond donors (Lipinski definition) is 1. The fourth-order valence-corrected chi connectivity index (χ4v) is 3.33. The van der Waals surface area contributed by atoms with Gasteiger partial charge in [0.25, 0.3) is 0 Å². The highest BCUT2D eigenvalue weighted by molar-refractivity contribution is 6.30. The van der Waals surface area contributed by atoms with Crippen LogP contribution >= 0.6 is 11.6 Å². The summed E-state index contributed by atoms with van der Waals surface area (Å²) in [6.45, 7) is 0.490. The molecular formula is C17H20ClN3O3. The fourth-order valence-electron chi connectivity index (χ4n) is 3.21. The van der Waals surface area contributed by atoms with Crippen molar-refractivity contribution in [2.24, 2.45) is 0 Å². The van der Waals surface area contributed by atoms with E-state index in [0.717, 1.165) is 31.2 Å². The molecule has 0 unspecified atom stereocenters. The second-order valence-corrected chi connectivity index (χ2v) is 6.43. The molecule has 0 atom stereocenters. The van der Waals surface area contributed by atoms with Gasteiger partial charge in [0.15, 0.2) is 0 Å². The maximum absolute atomic E-state index is 12.9. The largest absolute Gasteiger partial charge is 0.408 e. The second-order valence-electron chi connectivity index (χ2n) is 5.99. The number of aromatic nitrogens is 2. The third-order valence-corrected chi connectivity index (χ3v) is 4.75. The second kappa shape index (κ2) is 7.32. The Balaban J connectivity index is 1.77. The van der Waals surface area contributed by atoms with Crippen LogP contribution in [-0.2, 0) is 21.4 Å². The summed E-state index contributed by atoms with van der Waals surface area (Å²) < 4.78 is 10.4. The van der Waals surface area contributed by atoms with Gasteiger partial charge in [0.1, 0.15) is 0 Å². The summed E-state index contributed by atoms with van der Waals surface area (Å²) in [6, 6.07) is 7.61. The van der Waals surface area contributed by atoms with Crippen LogP contribution in [0.1, 0.15) is 37.1 Å². The third kappa shape index (κ3) is 3.44. The first-order chi connectivity index (χ1) is 11.6. The van der Waals surface area contributed by atoms with E-state index in [1.54, 1.807) is 7.11 Å². The molecule has 3 rings (SSSR count). The zero-order valence-corrected chi connectivity index (χ0v) is 14.3. The van der Waals surface area contributed by atoms with Gasteiger partial charge in [-0.05, 0) is 30.5 Å². The summed E-state index contributed by atoms with van der Waals surface area (Å²) in [5, 5.41) is 11.2. The summed E-state index contributed by atoms with van der Waals surface area (Å²) in [6.07, 6.45) is 4.13. The summed E-state index contributed by atoms with van der Waals surface area (Å²) in [5.41, 5.74) is 0.409. The molecular weight excluding hydrogens is 330 g/mol. The Morgan fingerprint density at radius 3 is 2.67 bits per heavy atom. The van der Waals surface area contributed by atoms with Gasteiger partial charge < -0.3 is 9.15 Å². The normalized spacial score (nSPS) is 16.2. The van der Waals surface area contributed by atoms with E-state index in [0.29, 0.717) is 23.9 Å². The van der Waals surface area contributed by atoms with Crippen molar-refractivity contribution in [3.8, 4) is 0 Å². The fraction of sp³-hybridized carbons (Fsp3) is 0.471. The lowest BCUT2D eigenvalue weighted by molar-refractivity contribution is -0.121. The lowest BCUT2D eigenvalue weighted by Crippen LogP contribution is -2.38. The molecule has 1 amide bonds. The predicted octanol–water partition coefficient (Wildman–Crippen LogP) is 3.36. The molecule has 0 bridgehead atoms. The molecule has 1 N–H and O–H groups in total. The van der Waals surface area contributed by atoms with E-state index >= 15 is 0 Å². The molecule has 0 aliphatic heterocycles.